The maximum absolute atomic E-state index is 6.15. The van der Waals surface area contributed by atoms with Gasteiger partial charge in [0.1, 0.15) is 11.5 Å². The smallest absolute Gasteiger partial charge is 0.196 e. The third-order valence-corrected chi connectivity index (χ3v) is 3.25. The lowest BCUT2D eigenvalue weighted by Crippen LogP contribution is -2.55. The van der Waals surface area contributed by atoms with Crippen molar-refractivity contribution in [2.24, 2.45) is 16.5 Å². The van der Waals surface area contributed by atoms with Crippen molar-refractivity contribution >= 4 is 5.96 Å². The molecular formula is C11H22N6. The van der Waals surface area contributed by atoms with E-state index in [-0.39, 0.29) is 0 Å². The van der Waals surface area contributed by atoms with Crippen LogP contribution in [0.2, 0.25) is 0 Å². The van der Waals surface area contributed by atoms with Gasteiger partial charge in [-0.15, -0.1) is 0 Å². The second-order valence-electron chi connectivity index (χ2n) is 4.80. The maximum atomic E-state index is 6.15. The first-order chi connectivity index (χ1) is 8.02. The summed E-state index contributed by atoms with van der Waals surface area (Å²) in [4.78, 5) is 6.50. The number of nitrogens with two attached hydrogens (primary N) is 2. The quantitative estimate of drug-likeness (QED) is 0.501. The highest BCUT2D eigenvalue weighted by Gasteiger charge is 2.28. The third-order valence-electron chi connectivity index (χ3n) is 3.25. The summed E-state index contributed by atoms with van der Waals surface area (Å²) in [6, 6.07) is 0.473. The van der Waals surface area contributed by atoms with Crippen LogP contribution in [-0.2, 0) is 0 Å². The molecule has 6 N–H and O–H groups in total. The van der Waals surface area contributed by atoms with Crippen molar-refractivity contribution in [2.45, 2.75) is 32.0 Å². The van der Waals surface area contributed by atoms with Gasteiger partial charge >= 0.3 is 0 Å². The molecule has 96 valence electrons. The van der Waals surface area contributed by atoms with Gasteiger partial charge in [0, 0.05) is 25.7 Å². The first-order valence-corrected chi connectivity index (χ1v) is 6.15. The monoisotopic (exact) mass is 238 g/mol. The largest absolute Gasteiger partial charge is 0.370 e. The number of hydrogen-bond donors (Lipinski definition) is 4. The second-order valence-corrected chi connectivity index (χ2v) is 4.80. The fourth-order valence-electron chi connectivity index (χ4n) is 2.19. The maximum Gasteiger partial charge on any atom is 0.196 e. The van der Waals surface area contributed by atoms with Crippen molar-refractivity contribution in [3.63, 3.8) is 0 Å². The van der Waals surface area contributed by atoms with Crippen LogP contribution in [0.3, 0.4) is 0 Å². The molecule has 2 aliphatic heterocycles. The van der Waals surface area contributed by atoms with Crippen LogP contribution in [0.15, 0.2) is 16.9 Å². The highest BCUT2D eigenvalue weighted by Crippen LogP contribution is 2.18. The molecule has 2 rings (SSSR count). The lowest BCUT2D eigenvalue weighted by molar-refractivity contribution is 0.243. The molecule has 2 aliphatic rings. The molecule has 0 aliphatic carbocycles. The molecule has 2 heterocycles. The summed E-state index contributed by atoms with van der Waals surface area (Å²) >= 11 is 0. The molecule has 1 fully saturated rings. The van der Waals surface area contributed by atoms with E-state index in [2.05, 4.69) is 27.4 Å². The predicted octanol–water partition coefficient (Wildman–Crippen LogP) is -0.896. The van der Waals surface area contributed by atoms with Crippen LogP contribution in [0.25, 0.3) is 0 Å². The Kier molecular flexibility index (Phi) is 3.26. The fourth-order valence-corrected chi connectivity index (χ4v) is 2.19. The van der Waals surface area contributed by atoms with Crippen molar-refractivity contribution in [2.75, 3.05) is 19.6 Å². The van der Waals surface area contributed by atoms with Gasteiger partial charge in [-0.3, -0.25) is 0 Å². The predicted molar refractivity (Wildman–Crippen MR) is 69.1 cm³/mol. The highest BCUT2D eigenvalue weighted by atomic mass is 15.3. The number of piperazine rings is 1. The Hall–Kier alpha value is -1.27. The van der Waals surface area contributed by atoms with E-state index in [4.69, 9.17) is 11.5 Å². The summed E-state index contributed by atoms with van der Waals surface area (Å²) in [5.41, 5.74) is 11.3. The lowest BCUT2D eigenvalue weighted by Gasteiger charge is -2.38. The van der Waals surface area contributed by atoms with E-state index < -0.39 is 5.66 Å². The second kappa shape index (κ2) is 4.54. The molecule has 1 saturated heterocycles. The van der Waals surface area contributed by atoms with E-state index in [1.807, 2.05) is 13.0 Å². The van der Waals surface area contributed by atoms with E-state index in [9.17, 15) is 0 Å². The lowest BCUT2D eigenvalue weighted by atomic mass is 10.1. The summed E-state index contributed by atoms with van der Waals surface area (Å²) < 4.78 is 0. The first kappa shape index (κ1) is 12.2. The van der Waals surface area contributed by atoms with Crippen molar-refractivity contribution in [1.82, 2.24) is 15.5 Å². The first-order valence-electron chi connectivity index (χ1n) is 6.15. The topological polar surface area (TPSA) is 91.7 Å². The van der Waals surface area contributed by atoms with E-state index in [1.165, 1.54) is 0 Å². The summed E-state index contributed by atoms with van der Waals surface area (Å²) in [5, 5.41) is 6.51. The molecule has 6 nitrogen and oxygen atoms in total. The van der Waals surface area contributed by atoms with Gasteiger partial charge in [-0.05, 0) is 19.4 Å². The molecule has 0 amide bonds. The number of nitrogens with zero attached hydrogens (tertiary/aromatic N) is 2. The molecule has 17 heavy (non-hydrogen) atoms. The van der Waals surface area contributed by atoms with Crippen LogP contribution in [-0.4, -0.2) is 42.2 Å². The van der Waals surface area contributed by atoms with Crippen LogP contribution in [0.4, 0.5) is 0 Å². The summed E-state index contributed by atoms with van der Waals surface area (Å²) in [6.45, 7) is 7.06. The molecule has 0 bridgehead atoms. The molecule has 0 aromatic heterocycles. The van der Waals surface area contributed by atoms with Crippen molar-refractivity contribution in [3.05, 3.63) is 11.9 Å². The Morgan fingerprint density at radius 1 is 1.65 bits per heavy atom. The van der Waals surface area contributed by atoms with Crippen LogP contribution in [0, 0.1) is 0 Å². The third kappa shape index (κ3) is 2.70. The van der Waals surface area contributed by atoms with Crippen LogP contribution < -0.4 is 22.1 Å². The summed E-state index contributed by atoms with van der Waals surface area (Å²) in [6.07, 6.45) is 2.71. The minimum Gasteiger partial charge on any atom is -0.370 e. The molecule has 0 aromatic carbocycles. The average Bonchev–Trinajstić information content (AvgIpc) is 2.28. The number of hydrogen-bond acceptors (Lipinski definition) is 6. The van der Waals surface area contributed by atoms with Gasteiger partial charge in [-0.25, -0.2) is 4.99 Å². The molecule has 0 aromatic rings. The Labute approximate surface area is 102 Å². The van der Waals surface area contributed by atoms with Gasteiger partial charge in [0.05, 0.1) is 0 Å². The zero-order valence-electron chi connectivity index (χ0n) is 10.5. The zero-order chi connectivity index (χ0) is 12.5. The Morgan fingerprint density at radius 2 is 2.41 bits per heavy atom. The van der Waals surface area contributed by atoms with E-state index in [1.54, 1.807) is 0 Å². The van der Waals surface area contributed by atoms with Crippen LogP contribution >= 0.6 is 0 Å². The van der Waals surface area contributed by atoms with Gasteiger partial charge in [-0.1, -0.05) is 6.92 Å². The van der Waals surface area contributed by atoms with Crippen molar-refractivity contribution in [1.29, 1.82) is 0 Å². The van der Waals surface area contributed by atoms with E-state index >= 15 is 0 Å². The van der Waals surface area contributed by atoms with Gasteiger partial charge < -0.3 is 27.0 Å². The normalized spacial score (nSPS) is 33.8. The van der Waals surface area contributed by atoms with Gasteiger partial charge in [0.2, 0.25) is 0 Å². The van der Waals surface area contributed by atoms with Crippen molar-refractivity contribution in [3.8, 4) is 0 Å². The highest BCUT2D eigenvalue weighted by molar-refractivity contribution is 5.81. The molecule has 2 unspecified atom stereocenters. The number of guanidine groups is 1. The number of rotatable bonds is 2. The molecule has 0 spiro atoms. The number of nitrogens with one attached hydrogen (secondary N) is 2. The minimum atomic E-state index is -0.668. The van der Waals surface area contributed by atoms with Gasteiger partial charge in [0.15, 0.2) is 5.96 Å². The van der Waals surface area contributed by atoms with Gasteiger partial charge in [-0.2, -0.15) is 0 Å². The molecular weight excluding hydrogens is 216 g/mol. The fraction of sp³-hybridized carbons (Fsp3) is 0.727. The van der Waals surface area contributed by atoms with E-state index in [0.29, 0.717) is 12.0 Å². The van der Waals surface area contributed by atoms with Crippen LogP contribution in [0.1, 0.15) is 20.3 Å². The number of aliphatic imine (C=N–C) groups is 1. The molecule has 6 heteroatoms. The van der Waals surface area contributed by atoms with Crippen molar-refractivity contribution < 1.29 is 0 Å². The zero-order valence-corrected chi connectivity index (χ0v) is 10.5. The van der Waals surface area contributed by atoms with E-state index in [0.717, 1.165) is 31.9 Å². The molecule has 0 radical (unpaired) electrons. The SMILES string of the molecule is CCC1(N)C=C(N2CCNC(C)C2)NC(N)=N1. The summed E-state index contributed by atoms with van der Waals surface area (Å²) in [5.74, 6) is 1.38. The molecule has 2 atom stereocenters. The summed E-state index contributed by atoms with van der Waals surface area (Å²) in [7, 11) is 0. The van der Waals surface area contributed by atoms with Gasteiger partial charge in [0.25, 0.3) is 0 Å². The average molecular weight is 238 g/mol. The Bertz CT molecular complexity index is 350. The Morgan fingerprint density at radius 3 is 3.06 bits per heavy atom. The standard InChI is InChI=1S/C11H22N6/c1-3-11(13)6-9(15-10(12)16-11)17-5-4-14-8(2)7-17/h6,8,14H,3-5,7,13H2,1-2H3,(H3,12,15,16). The van der Waals surface area contributed by atoms with Crippen LogP contribution in [0.5, 0.6) is 0 Å². The Balaban J connectivity index is 2.15. The molecule has 0 saturated carbocycles. The minimum absolute atomic E-state index is 0.401.